The fourth-order valence-electron chi connectivity index (χ4n) is 2.41. The molecule has 7 heteroatoms. The highest BCUT2D eigenvalue weighted by Crippen LogP contribution is 2.26. The van der Waals surface area contributed by atoms with Gasteiger partial charge < -0.3 is 13.6 Å². The minimum absolute atomic E-state index is 0.0117. The number of aromatic nitrogens is 2. The molecular formula is C18H14N2O4S. The first-order valence-corrected chi connectivity index (χ1v) is 8.57. The van der Waals surface area contributed by atoms with E-state index in [1.165, 1.54) is 11.3 Å². The van der Waals surface area contributed by atoms with Crippen molar-refractivity contribution < 1.29 is 18.4 Å². The Hall–Kier alpha value is -2.93. The summed E-state index contributed by atoms with van der Waals surface area (Å²) in [7, 11) is 0. The molecule has 6 nitrogen and oxygen atoms in total. The molecule has 0 aliphatic heterocycles. The average molecular weight is 354 g/mol. The van der Waals surface area contributed by atoms with E-state index in [-0.39, 0.29) is 13.0 Å². The number of aryl methyl sites for hydroxylation is 1. The van der Waals surface area contributed by atoms with Crippen LogP contribution in [-0.2, 0) is 22.6 Å². The van der Waals surface area contributed by atoms with Gasteiger partial charge in [0.15, 0.2) is 12.2 Å². The predicted octanol–water partition coefficient (Wildman–Crippen LogP) is 4.14. The van der Waals surface area contributed by atoms with Crippen LogP contribution in [0.4, 0.5) is 0 Å². The van der Waals surface area contributed by atoms with Gasteiger partial charge in [-0.2, -0.15) is 0 Å². The first kappa shape index (κ1) is 15.6. The third kappa shape index (κ3) is 3.32. The van der Waals surface area contributed by atoms with Crippen LogP contribution in [0.1, 0.15) is 17.3 Å². The zero-order valence-electron chi connectivity index (χ0n) is 13.4. The Balaban J connectivity index is 1.40. The number of carbonyl (C=O) groups excluding carboxylic acids is 1. The molecule has 0 amide bonds. The molecular weight excluding hydrogens is 340 g/mol. The Kier molecular flexibility index (Phi) is 4.07. The summed E-state index contributed by atoms with van der Waals surface area (Å²) < 4.78 is 16.4. The number of hydrogen-bond acceptors (Lipinski definition) is 7. The largest absolute Gasteiger partial charge is 0.455 e. The molecule has 4 aromatic rings. The van der Waals surface area contributed by atoms with Crippen LogP contribution in [0.2, 0.25) is 0 Å². The van der Waals surface area contributed by atoms with Gasteiger partial charge in [-0.15, -0.1) is 11.3 Å². The quantitative estimate of drug-likeness (QED) is 0.501. The molecule has 25 heavy (non-hydrogen) atoms. The minimum atomic E-state index is -0.406. The van der Waals surface area contributed by atoms with Crippen LogP contribution >= 0.6 is 11.3 Å². The van der Waals surface area contributed by atoms with Crippen molar-refractivity contribution in [3.63, 3.8) is 0 Å². The Bertz CT molecular complexity index is 984. The molecule has 3 aromatic heterocycles. The first-order chi connectivity index (χ1) is 12.2. The van der Waals surface area contributed by atoms with Crippen LogP contribution in [0.3, 0.4) is 0 Å². The van der Waals surface area contributed by atoms with Gasteiger partial charge in [-0.05, 0) is 30.5 Å². The number of benzene rings is 1. The molecule has 126 valence electrons. The molecule has 0 atom stereocenters. The van der Waals surface area contributed by atoms with Gasteiger partial charge in [0.25, 0.3) is 0 Å². The highest BCUT2D eigenvalue weighted by Gasteiger charge is 2.17. The van der Waals surface area contributed by atoms with Crippen molar-refractivity contribution in [2.75, 3.05) is 0 Å². The molecule has 0 spiro atoms. The Morgan fingerprint density at radius 1 is 1.16 bits per heavy atom. The molecule has 4 rings (SSSR count). The number of esters is 1. The summed E-state index contributed by atoms with van der Waals surface area (Å²) in [6.07, 6.45) is 0.0426. The summed E-state index contributed by atoms with van der Waals surface area (Å²) >= 11 is 1.53. The summed E-state index contributed by atoms with van der Waals surface area (Å²) in [5, 5.41) is 1.95. The normalized spacial score (nSPS) is 11.1. The number of hydrogen-bond donors (Lipinski definition) is 0. The lowest BCUT2D eigenvalue weighted by molar-refractivity contribution is -0.144. The maximum absolute atomic E-state index is 12.1. The van der Waals surface area contributed by atoms with E-state index in [0.29, 0.717) is 28.8 Å². The van der Waals surface area contributed by atoms with Gasteiger partial charge in [0.05, 0.1) is 17.0 Å². The molecule has 0 bridgehead atoms. The van der Waals surface area contributed by atoms with Crippen LogP contribution in [0, 0.1) is 6.92 Å². The topological polar surface area (TPSA) is 78.4 Å². The minimum Gasteiger partial charge on any atom is -0.455 e. The lowest BCUT2D eigenvalue weighted by Crippen LogP contribution is -2.09. The molecule has 3 heterocycles. The predicted molar refractivity (Wildman–Crippen MR) is 92.1 cm³/mol. The monoisotopic (exact) mass is 354 g/mol. The second-order valence-electron chi connectivity index (χ2n) is 5.41. The fourth-order valence-corrected chi connectivity index (χ4v) is 3.06. The zero-order valence-corrected chi connectivity index (χ0v) is 14.2. The summed E-state index contributed by atoms with van der Waals surface area (Å²) in [4.78, 5) is 21.7. The van der Waals surface area contributed by atoms with E-state index >= 15 is 0 Å². The van der Waals surface area contributed by atoms with Gasteiger partial charge in [0.2, 0.25) is 11.8 Å². The van der Waals surface area contributed by atoms with E-state index in [2.05, 4.69) is 9.97 Å². The number of ether oxygens (including phenoxy) is 1. The summed E-state index contributed by atoms with van der Waals surface area (Å²) in [6.45, 7) is 1.77. The molecule has 0 N–H and O–H groups in total. The molecule has 1 aromatic carbocycles. The molecule has 0 unspecified atom stereocenters. The van der Waals surface area contributed by atoms with E-state index in [9.17, 15) is 4.79 Å². The second kappa shape index (κ2) is 6.52. The van der Waals surface area contributed by atoms with Crippen molar-refractivity contribution in [3.8, 4) is 10.8 Å². The van der Waals surface area contributed by atoms with Crippen molar-refractivity contribution in [3.05, 3.63) is 59.1 Å². The summed E-state index contributed by atoms with van der Waals surface area (Å²) in [5.74, 6) is 1.10. The van der Waals surface area contributed by atoms with Crippen molar-refractivity contribution in [2.24, 2.45) is 0 Å². The highest BCUT2D eigenvalue weighted by molar-refractivity contribution is 7.13. The van der Waals surface area contributed by atoms with E-state index in [4.69, 9.17) is 13.6 Å². The van der Waals surface area contributed by atoms with Crippen molar-refractivity contribution >= 4 is 28.4 Å². The van der Waals surface area contributed by atoms with Crippen molar-refractivity contribution in [1.82, 2.24) is 9.97 Å². The lowest BCUT2D eigenvalue weighted by atomic mass is 10.3. The van der Waals surface area contributed by atoms with E-state index in [1.807, 2.05) is 41.8 Å². The summed E-state index contributed by atoms with van der Waals surface area (Å²) in [5.41, 5.74) is 1.98. The second-order valence-corrected chi connectivity index (χ2v) is 6.36. The molecule has 0 saturated heterocycles. The molecule has 0 aliphatic rings. The number of carbonyl (C=O) groups is 1. The molecule has 0 saturated carbocycles. The number of para-hydroxylation sites is 2. The number of rotatable bonds is 5. The van der Waals surface area contributed by atoms with Crippen molar-refractivity contribution in [2.45, 2.75) is 20.0 Å². The molecule has 0 fully saturated rings. The number of oxazole rings is 2. The van der Waals surface area contributed by atoms with Gasteiger partial charge >= 0.3 is 5.97 Å². The lowest BCUT2D eigenvalue weighted by Gasteiger charge is -2.00. The number of thiophene rings is 1. The fraction of sp³-hybridized carbons (Fsp3) is 0.167. The van der Waals surface area contributed by atoms with E-state index in [1.54, 1.807) is 6.92 Å². The molecule has 0 radical (unpaired) electrons. The van der Waals surface area contributed by atoms with Crippen molar-refractivity contribution in [1.29, 1.82) is 0 Å². The van der Waals surface area contributed by atoms with Crippen LogP contribution < -0.4 is 0 Å². The van der Waals surface area contributed by atoms with Gasteiger partial charge in [-0.1, -0.05) is 18.2 Å². The van der Waals surface area contributed by atoms with E-state index in [0.717, 1.165) is 10.4 Å². The molecule has 0 aliphatic carbocycles. The van der Waals surface area contributed by atoms with Gasteiger partial charge in [-0.3, -0.25) is 4.79 Å². The SMILES string of the molecule is Cc1oc(-c2cccs2)nc1CC(=O)OCc1nc2ccccc2o1. The maximum atomic E-state index is 12.1. The Morgan fingerprint density at radius 3 is 2.84 bits per heavy atom. The number of nitrogens with zero attached hydrogens (tertiary/aromatic N) is 2. The Labute approximate surface area is 147 Å². The third-order valence-electron chi connectivity index (χ3n) is 3.63. The standard InChI is InChI=1S/C18H14N2O4S/c1-11-13(20-18(23-11)15-7-4-8-25-15)9-17(21)22-10-16-19-12-5-2-3-6-14(12)24-16/h2-8H,9-10H2,1H3. The zero-order chi connectivity index (χ0) is 17.2. The van der Waals surface area contributed by atoms with Crippen LogP contribution in [0.25, 0.3) is 21.9 Å². The van der Waals surface area contributed by atoms with Crippen LogP contribution in [0.5, 0.6) is 0 Å². The van der Waals surface area contributed by atoms with Gasteiger partial charge in [-0.25, -0.2) is 9.97 Å². The van der Waals surface area contributed by atoms with Crippen LogP contribution in [-0.4, -0.2) is 15.9 Å². The number of fused-ring (bicyclic) bond motifs is 1. The Morgan fingerprint density at radius 2 is 2.04 bits per heavy atom. The summed E-state index contributed by atoms with van der Waals surface area (Å²) in [6, 6.07) is 11.2. The van der Waals surface area contributed by atoms with E-state index < -0.39 is 5.97 Å². The van der Waals surface area contributed by atoms with Gasteiger partial charge in [0, 0.05) is 0 Å². The van der Waals surface area contributed by atoms with Crippen LogP contribution in [0.15, 0.2) is 50.6 Å². The first-order valence-electron chi connectivity index (χ1n) is 7.69. The smallest absolute Gasteiger partial charge is 0.312 e. The highest BCUT2D eigenvalue weighted by atomic mass is 32.1. The third-order valence-corrected chi connectivity index (χ3v) is 4.49. The average Bonchev–Trinajstić information content (AvgIpc) is 3.32. The maximum Gasteiger partial charge on any atom is 0.312 e. The van der Waals surface area contributed by atoms with Gasteiger partial charge in [0.1, 0.15) is 11.3 Å².